The molecule has 82 valence electrons. The van der Waals surface area contributed by atoms with E-state index in [0.29, 0.717) is 0 Å². The second-order valence-electron chi connectivity index (χ2n) is 3.98. The summed E-state index contributed by atoms with van der Waals surface area (Å²) in [5, 5.41) is 0. The van der Waals surface area contributed by atoms with Crippen molar-refractivity contribution in [3.05, 3.63) is 36.5 Å². The topological polar surface area (TPSA) is 17.1 Å². The molecule has 0 spiro atoms. The Labute approximate surface area is 92.6 Å². The van der Waals surface area contributed by atoms with Crippen molar-refractivity contribution in [2.24, 2.45) is 5.92 Å². The van der Waals surface area contributed by atoms with Gasteiger partial charge in [0, 0.05) is 5.92 Å². The van der Waals surface area contributed by atoms with Gasteiger partial charge in [-0.05, 0) is 39.0 Å². The molecule has 0 saturated heterocycles. The number of ketones is 1. The van der Waals surface area contributed by atoms with Gasteiger partial charge in [0.2, 0.25) is 0 Å². The molecule has 0 bridgehead atoms. The molecule has 0 N–H and O–H groups in total. The van der Waals surface area contributed by atoms with Crippen molar-refractivity contribution in [3.63, 3.8) is 0 Å². The highest BCUT2D eigenvalue weighted by atomic mass is 16.1. The van der Waals surface area contributed by atoms with Crippen molar-refractivity contribution in [1.29, 1.82) is 0 Å². The monoisotopic (exact) mass is 204 g/mol. The molecule has 1 rings (SSSR count). The Kier molecular flexibility index (Phi) is 5.76. The van der Waals surface area contributed by atoms with Gasteiger partial charge in [0.1, 0.15) is 5.78 Å². The minimum atomic E-state index is 0.113. The molecule has 0 radical (unpaired) electrons. The summed E-state index contributed by atoms with van der Waals surface area (Å²) in [6.07, 6.45) is 18.1. The van der Waals surface area contributed by atoms with Crippen molar-refractivity contribution in [2.45, 2.75) is 39.0 Å². The highest BCUT2D eigenvalue weighted by molar-refractivity contribution is 5.80. The Bertz CT molecular complexity index is 271. The fourth-order valence-corrected chi connectivity index (χ4v) is 1.67. The lowest BCUT2D eigenvalue weighted by Gasteiger charge is -2.06. The summed E-state index contributed by atoms with van der Waals surface area (Å²) in [6.45, 7) is 1.68. The maximum Gasteiger partial charge on any atom is 0.136 e. The molecule has 0 fully saturated rings. The average molecular weight is 204 g/mol. The van der Waals surface area contributed by atoms with Crippen LogP contribution >= 0.6 is 0 Å². The van der Waals surface area contributed by atoms with Crippen LogP contribution in [0.15, 0.2) is 36.5 Å². The van der Waals surface area contributed by atoms with Crippen LogP contribution in [0.2, 0.25) is 0 Å². The van der Waals surface area contributed by atoms with E-state index in [-0.39, 0.29) is 11.7 Å². The Morgan fingerprint density at radius 2 is 1.67 bits per heavy atom. The number of hydrogen-bond donors (Lipinski definition) is 0. The summed E-state index contributed by atoms with van der Waals surface area (Å²) in [7, 11) is 0. The molecule has 1 nitrogen and oxygen atoms in total. The molecule has 0 aliphatic heterocycles. The van der Waals surface area contributed by atoms with E-state index in [1.165, 1.54) is 0 Å². The summed E-state index contributed by atoms with van der Waals surface area (Å²) >= 11 is 0. The fraction of sp³-hybridized carbons (Fsp3) is 0.500. The Morgan fingerprint density at radius 1 is 1.00 bits per heavy atom. The second-order valence-corrected chi connectivity index (χ2v) is 3.98. The minimum Gasteiger partial charge on any atom is -0.299 e. The highest BCUT2D eigenvalue weighted by Crippen LogP contribution is 2.12. The number of carbonyl (C=O) groups is 1. The molecule has 0 amide bonds. The lowest BCUT2D eigenvalue weighted by molar-refractivity contribution is -0.119. The predicted octanol–water partition coefficient (Wildman–Crippen LogP) is 3.82. The fourth-order valence-electron chi connectivity index (χ4n) is 1.67. The maximum atomic E-state index is 11.3. The molecule has 1 heteroatoms. The van der Waals surface area contributed by atoms with Gasteiger partial charge in [-0.25, -0.2) is 0 Å². The third kappa shape index (κ3) is 5.36. The van der Waals surface area contributed by atoms with Crippen molar-refractivity contribution < 1.29 is 4.79 Å². The molecule has 15 heavy (non-hydrogen) atoms. The molecule has 1 unspecified atom stereocenters. The van der Waals surface area contributed by atoms with Crippen molar-refractivity contribution in [3.8, 4) is 0 Å². The minimum absolute atomic E-state index is 0.113. The largest absolute Gasteiger partial charge is 0.299 e. The van der Waals surface area contributed by atoms with Crippen LogP contribution in [0, 0.1) is 5.92 Å². The highest BCUT2D eigenvalue weighted by Gasteiger charge is 2.08. The summed E-state index contributed by atoms with van der Waals surface area (Å²) in [4.78, 5) is 11.3. The first-order valence-corrected chi connectivity index (χ1v) is 5.78. The van der Waals surface area contributed by atoms with Crippen molar-refractivity contribution >= 4 is 5.78 Å². The second kappa shape index (κ2) is 7.22. The Balaban J connectivity index is 2.57. The molecule has 0 heterocycles. The number of allylic oxidation sites excluding steroid dienone is 6. The van der Waals surface area contributed by atoms with Gasteiger partial charge in [0.15, 0.2) is 0 Å². The molecule has 0 saturated carbocycles. The van der Waals surface area contributed by atoms with Crippen LogP contribution in [0.3, 0.4) is 0 Å². The third-order valence-corrected chi connectivity index (χ3v) is 2.64. The van der Waals surface area contributed by atoms with Crippen molar-refractivity contribution in [2.75, 3.05) is 0 Å². The lowest BCUT2D eigenvalue weighted by atomic mass is 9.97. The van der Waals surface area contributed by atoms with Crippen molar-refractivity contribution in [1.82, 2.24) is 0 Å². The van der Waals surface area contributed by atoms with E-state index < -0.39 is 0 Å². The zero-order valence-corrected chi connectivity index (χ0v) is 9.49. The van der Waals surface area contributed by atoms with Gasteiger partial charge in [-0.15, -0.1) is 0 Å². The van der Waals surface area contributed by atoms with Crippen LogP contribution in [0.4, 0.5) is 0 Å². The van der Waals surface area contributed by atoms with E-state index in [4.69, 9.17) is 0 Å². The SMILES string of the molecule is CC(=O)C1C=CCC=CCCC=CCC1. The first-order valence-electron chi connectivity index (χ1n) is 5.78. The number of rotatable bonds is 1. The van der Waals surface area contributed by atoms with E-state index in [1.807, 2.05) is 0 Å². The van der Waals surface area contributed by atoms with E-state index in [2.05, 4.69) is 36.5 Å². The third-order valence-electron chi connectivity index (χ3n) is 2.64. The van der Waals surface area contributed by atoms with Gasteiger partial charge in [0.05, 0.1) is 0 Å². The molecular weight excluding hydrogens is 184 g/mol. The zero-order valence-electron chi connectivity index (χ0n) is 9.49. The molecule has 1 aliphatic carbocycles. The van der Waals surface area contributed by atoms with Crippen LogP contribution in [0.25, 0.3) is 0 Å². The first kappa shape index (κ1) is 12.0. The van der Waals surface area contributed by atoms with E-state index in [0.717, 1.165) is 32.1 Å². The number of Topliss-reactive ketones (excluding diaryl/α,β-unsaturated/α-hetero) is 1. The van der Waals surface area contributed by atoms with Crippen LogP contribution in [-0.2, 0) is 4.79 Å². The zero-order chi connectivity index (χ0) is 10.9. The summed E-state index contributed by atoms with van der Waals surface area (Å²) in [5.41, 5.74) is 0. The summed E-state index contributed by atoms with van der Waals surface area (Å²) < 4.78 is 0. The first-order chi connectivity index (χ1) is 7.30. The maximum absolute atomic E-state index is 11.3. The average Bonchev–Trinajstić information content (AvgIpc) is 2.18. The molecular formula is C14H20O. The normalized spacial score (nSPS) is 23.1. The Hall–Kier alpha value is -1.11. The van der Waals surface area contributed by atoms with E-state index in [9.17, 15) is 4.79 Å². The van der Waals surface area contributed by atoms with Gasteiger partial charge in [0.25, 0.3) is 0 Å². The quantitative estimate of drug-likeness (QED) is 0.593. The molecule has 1 atom stereocenters. The number of carbonyl (C=O) groups excluding carboxylic acids is 1. The van der Waals surface area contributed by atoms with Crippen LogP contribution in [0.1, 0.15) is 39.0 Å². The summed E-state index contributed by atoms with van der Waals surface area (Å²) in [6, 6.07) is 0. The lowest BCUT2D eigenvalue weighted by Crippen LogP contribution is -2.07. The smallest absolute Gasteiger partial charge is 0.136 e. The summed E-state index contributed by atoms with van der Waals surface area (Å²) in [5.74, 6) is 0.392. The van der Waals surface area contributed by atoms with E-state index >= 15 is 0 Å². The predicted molar refractivity (Wildman–Crippen MR) is 64.7 cm³/mol. The Morgan fingerprint density at radius 3 is 2.40 bits per heavy atom. The van der Waals surface area contributed by atoms with Crippen LogP contribution < -0.4 is 0 Å². The standard InChI is InChI=1S/C14H20O/c1-13(15)14-11-9-7-5-3-2-4-6-8-10-12-14/h3,5-6,8-9,11,14H,2,4,7,10,12H2,1H3. The van der Waals surface area contributed by atoms with E-state index in [1.54, 1.807) is 6.92 Å². The van der Waals surface area contributed by atoms with Gasteiger partial charge < -0.3 is 0 Å². The molecule has 0 aromatic heterocycles. The molecule has 0 aromatic carbocycles. The molecule has 0 aromatic rings. The van der Waals surface area contributed by atoms with Gasteiger partial charge in [-0.1, -0.05) is 36.5 Å². The van der Waals surface area contributed by atoms with Crippen LogP contribution in [-0.4, -0.2) is 5.78 Å². The van der Waals surface area contributed by atoms with Crippen LogP contribution in [0.5, 0.6) is 0 Å². The number of hydrogen-bond acceptors (Lipinski definition) is 1. The molecule has 1 aliphatic rings. The van der Waals surface area contributed by atoms with Gasteiger partial charge in [-0.2, -0.15) is 0 Å². The van der Waals surface area contributed by atoms with Gasteiger partial charge >= 0.3 is 0 Å². The van der Waals surface area contributed by atoms with Gasteiger partial charge in [-0.3, -0.25) is 4.79 Å².